The van der Waals surface area contributed by atoms with Gasteiger partial charge < -0.3 is 10.2 Å². The Labute approximate surface area is 229 Å². The Morgan fingerprint density at radius 1 is 0.865 bits per heavy atom. The van der Waals surface area contributed by atoms with Crippen LogP contribution in [0.5, 0.6) is 11.8 Å². The number of fused-ring (bicyclic) bond motifs is 2. The highest BCUT2D eigenvalue weighted by molar-refractivity contribution is 7.99. The SMILES string of the molecule is CCC(C)(CCCS(=O)CCCC(C)(C)n1c(O)c2c(cc1=O)SCC2)n1c(O)c2c(cc1=O)SCC2. The Balaban J connectivity index is 1.33. The van der Waals surface area contributed by atoms with Gasteiger partial charge in [0.15, 0.2) is 11.8 Å². The van der Waals surface area contributed by atoms with Gasteiger partial charge in [0.2, 0.25) is 0 Å². The summed E-state index contributed by atoms with van der Waals surface area (Å²) < 4.78 is 15.9. The van der Waals surface area contributed by atoms with E-state index in [2.05, 4.69) is 0 Å². The second kappa shape index (κ2) is 11.2. The Kier molecular flexibility index (Phi) is 8.60. The van der Waals surface area contributed by atoms with Crippen molar-refractivity contribution in [2.24, 2.45) is 0 Å². The predicted octanol–water partition coefficient (Wildman–Crippen LogP) is 4.59. The van der Waals surface area contributed by atoms with Crippen molar-refractivity contribution < 1.29 is 14.4 Å². The molecule has 10 heteroatoms. The molecule has 0 aromatic carbocycles. The molecule has 0 fully saturated rings. The van der Waals surface area contributed by atoms with Crippen LogP contribution in [-0.2, 0) is 34.7 Å². The third-order valence-corrected chi connectivity index (χ3v) is 11.5. The molecule has 4 heterocycles. The number of rotatable bonds is 11. The Hall–Kier alpha value is -1.65. The molecular weight excluding hydrogens is 529 g/mol. The standard InChI is InChI=1S/C27H38N2O5S3/c1-5-27(4,29-23(31)17-21-19(25(29)33)9-13-36-21)11-7-15-37(34)14-6-10-26(2,3)28-22(30)16-20-18(24(28)32)8-12-35-20/h16-17,32-33H,5-15H2,1-4H3. The predicted molar refractivity (Wildman–Crippen MR) is 153 cm³/mol. The third-order valence-electron chi connectivity index (χ3n) is 7.88. The van der Waals surface area contributed by atoms with E-state index in [1.54, 1.807) is 40.2 Å². The van der Waals surface area contributed by atoms with Gasteiger partial charge in [-0.25, -0.2) is 0 Å². The lowest BCUT2D eigenvalue weighted by atomic mass is 9.92. The van der Waals surface area contributed by atoms with Crippen LogP contribution >= 0.6 is 23.5 Å². The largest absolute Gasteiger partial charge is 0.494 e. The minimum absolute atomic E-state index is 0.0705. The zero-order valence-corrected chi connectivity index (χ0v) is 24.6. The molecule has 204 valence electrons. The average Bonchev–Trinajstić information content (AvgIpc) is 3.48. The number of aromatic hydroxyl groups is 2. The molecule has 2 aliphatic heterocycles. The van der Waals surface area contributed by atoms with Crippen LogP contribution in [0.15, 0.2) is 31.5 Å². The molecule has 2 aliphatic rings. The van der Waals surface area contributed by atoms with Gasteiger partial charge in [-0.05, 0) is 65.7 Å². The van der Waals surface area contributed by atoms with Crippen molar-refractivity contribution in [1.82, 2.24) is 9.13 Å². The Morgan fingerprint density at radius 3 is 1.89 bits per heavy atom. The lowest BCUT2D eigenvalue weighted by Gasteiger charge is -2.32. The van der Waals surface area contributed by atoms with Crippen molar-refractivity contribution in [3.8, 4) is 11.8 Å². The Bertz CT molecular complexity index is 1320. The third kappa shape index (κ3) is 5.71. The molecular formula is C27H38N2O5S3. The lowest BCUT2D eigenvalue weighted by molar-refractivity contribution is 0.235. The second-order valence-corrected chi connectivity index (χ2v) is 14.9. The number of pyridine rings is 2. The van der Waals surface area contributed by atoms with Gasteiger partial charge in [-0.15, -0.1) is 23.5 Å². The van der Waals surface area contributed by atoms with Crippen LogP contribution in [0.2, 0.25) is 0 Å². The van der Waals surface area contributed by atoms with Crippen LogP contribution in [0.1, 0.15) is 70.9 Å². The normalized spacial score (nSPS) is 17.4. The molecule has 0 amide bonds. The van der Waals surface area contributed by atoms with Crippen LogP contribution in [0.3, 0.4) is 0 Å². The van der Waals surface area contributed by atoms with Gasteiger partial charge in [-0.3, -0.25) is 22.9 Å². The number of hydrogen-bond donors (Lipinski definition) is 2. The number of aromatic nitrogens is 2. The summed E-state index contributed by atoms with van der Waals surface area (Å²) in [5.74, 6) is 2.95. The molecule has 0 spiro atoms. The molecule has 0 aliphatic carbocycles. The van der Waals surface area contributed by atoms with Crippen LogP contribution in [0.25, 0.3) is 0 Å². The Morgan fingerprint density at radius 2 is 1.35 bits per heavy atom. The van der Waals surface area contributed by atoms with Crippen LogP contribution in [0.4, 0.5) is 0 Å². The first-order valence-electron chi connectivity index (χ1n) is 13.1. The fourth-order valence-corrected chi connectivity index (χ4v) is 8.82. The van der Waals surface area contributed by atoms with E-state index in [4.69, 9.17) is 0 Å². The topological polar surface area (TPSA) is 102 Å². The van der Waals surface area contributed by atoms with Crippen molar-refractivity contribution in [2.75, 3.05) is 23.0 Å². The zero-order chi connectivity index (χ0) is 27.0. The number of hydrogen-bond acceptors (Lipinski definition) is 7. The highest BCUT2D eigenvalue weighted by Gasteiger charge is 2.32. The maximum absolute atomic E-state index is 12.9. The van der Waals surface area contributed by atoms with Gasteiger partial charge in [0, 0.05) is 77.9 Å². The van der Waals surface area contributed by atoms with Gasteiger partial charge in [-0.2, -0.15) is 0 Å². The molecule has 2 N–H and O–H groups in total. The van der Waals surface area contributed by atoms with E-state index in [9.17, 15) is 24.0 Å². The molecule has 0 bridgehead atoms. The fourth-order valence-electron chi connectivity index (χ4n) is 5.53. The fraction of sp³-hybridized carbons (Fsp3) is 0.630. The first-order valence-corrected chi connectivity index (χ1v) is 16.5. The van der Waals surface area contributed by atoms with Crippen molar-refractivity contribution in [3.63, 3.8) is 0 Å². The zero-order valence-electron chi connectivity index (χ0n) is 22.2. The van der Waals surface area contributed by atoms with Crippen LogP contribution in [-0.4, -0.2) is 46.6 Å². The first-order chi connectivity index (χ1) is 17.5. The van der Waals surface area contributed by atoms with E-state index in [0.717, 1.165) is 45.3 Å². The molecule has 2 aromatic heterocycles. The summed E-state index contributed by atoms with van der Waals surface area (Å²) in [5.41, 5.74) is 0.218. The van der Waals surface area contributed by atoms with Gasteiger partial charge in [-0.1, -0.05) is 6.92 Å². The van der Waals surface area contributed by atoms with Crippen molar-refractivity contribution in [3.05, 3.63) is 44.0 Å². The summed E-state index contributed by atoms with van der Waals surface area (Å²) in [6.07, 6.45) is 4.84. The number of thioether (sulfide) groups is 2. The molecule has 0 radical (unpaired) electrons. The summed E-state index contributed by atoms with van der Waals surface area (Å²) in [6, 6.07) is 3.27. The van der Waals surface area contributed by atoms with Crippen molar-refractivity contribution in [1.29, 1.82) is 0 Å². The molecule has 2 unspecified atom stereocenters. The monoisotopic (exact) mass is 566 g/mol. The first kappa shape index (κ1) is 28.4. The smallest absolute Gasteiger partial charge is 0.254 e. The maximum atomic E-state index is 12.9. The van der Waals surface area contributed by atoms with Crippen molar-refractivity contribution in [2.45, 2.75) is 93.5 Å². The van der Waals surface area contributed by atoms with E-state index >= 15 is 0 Å². The van der Waals surface area contributed by atoms with Gasteiger partial charge in [0.1, 0.15) is 0 Å². The van der Waals surface area contributed by atoms with E-state index in [-0.39, 0.29) is 22.9 Å². The second-order valence-electron chi connectivity index (χ2n) is 10.9. The quantitative estimate of drug-likeness (QED) is 0.410. The van der Waals surface area contributed by atoms with E-state index < -0.39 is 21.9 Å². The number of nitrogens with zero attached hydrogens (tertiary/aromatic N) is 2. The molecule has 2 aromatic rings. The molecule has 37 heavy (non-hydrogen) atoms. The summed E-state index contributed by atoms with van der Waals surface area (Å²) in [4.78, 5) is 27.3. The van der Waals surface area contributed by atoms with Gasteiger partial charge >= 0.3 is 0 Å². The molecule has 2 atom stereocenters. The minimum Gasteiger partial charge on any atom is -0.494 e. The molecule has 4 rings (SSSR count). The average molecular weight is 567 g/mol. The summed E-state index contributed by atoms with van der Waals surface area (Å²) in [6.45, 7) is 7.89. The van der Waals surface area contributed by atoms with Crippen molar-refractivity contribution >= 4 is 34.3 Å². The summed E-state index contributed by atoms with van der Waals surface area (Å²) in [7, 11) is -1.03. The van der Waals surface area contributed by atoms with Gasteiger partial charge in [0.05, 0.1) is 0 Å². The van der Waals surface area contributed by atoms with E-state index in [1.807, 2.05) is 27.7 Å². The molecule has 0 saturated carbocycles. The summed E-state index contributed by atoms with van der Waals surface area (Å²) >= 11 is 3.22. The lowest BCUT2D eigenvalue weighted by Crippen LogP contribution is -2.38. The summed E-state index contributed by atoms with van der Waals surface area (Å²) in [5, 5.41) is 21.7. The molecule has 7 nitrogen and oxygen atoms in total. The highest BCUT2D eigenvalue weighted by atomic mass is 32.2. The maximum Gasteiger partial charge on any atom is 0.254 e. The minimum atomic E-state index is -1.03. The van der Waals surface area contributed by atoms with Gasteiger partial charge in [0.25, 0.3) is 11.1 Å². The van der Waals surface area contributed by atoms with E-state index in [1.165, 1.54) is 4.57 Å². The highest BCUT2D eigenvalue weighted by Crippen LogP contribution is 2.39. The molecule has 0 saturated heterocycles. The van der Waals surface area contributed by atoms with Crippen LogP contribution in [0, 0.1) is 0 Å². The van der Waals surface area contributed by atoms with Crippen LogP contribution < -0.4 is 11.1 Å². The van der Waals surface area contributed by atoms with E-state index in [0.29, 0.717) is 43.6 Å².